The van der Waals surface area contributed by atoms with E-state index < -0.39 is 0 Å². The van der Waals surface area contributed by atoms with Crippen molar-refractivity contribution >= 4 is 23.4 Å². The van der Waals surface area contributed by atoms with Gasteiger partial charge in [0.1, 0.15) is 0 Å². The maximum Gasteiger partial charge on any atom is 0.0409 e. The molecular weight excluding hydrogens is 238 g/mol. The molecule has 0 aliphatic carbocycles. The Morgan fingerprint density at radius 2 is 2.12 bits per heavy atom. The highest BCUT2D eigenvalue weighted by Gasteiger charge is 2.05. The first-order valence-corrected chi connectivity index (χ1v) is 7.31. The van der Waals surface area contributed by atoms with Gasteiger partial charge in [0.25, 0.3) is 0 Å². The second kappa shape index (κ2) is 7.21. The lowest BCUT2D eigenvalue weighted by molar-refractivity contribution is 0.558. The number of thioether (sulfide) groups is 1. The van der Waals surface area contributed by atoms with Crippen molar-refractivity contribution in [2.24, 2.45) is 0 Å². The smallest absolute Gasteiger partial charge is 0.0409 e. The van der Waals surface area contributed by atoms with Crippen LogP contribution in [0.1, 0.15) is 31.9 Å². The van der Waals surface area contributed by atoms with Gasteiger partial charge in [-0.05, 0) is 43.8 Å². The van der Waals surface area contributed by atoms with Crippen LogP contribution in [0.3, 0.4) is 0 Å². The van der Waals surface area contributed by atoms with Crippen molar-refractivity contribution in [2.75, 3.05) is 12.8 Å². The highest BCUT2D eigenvalue weighted by Crippen LogP contribution is 2.17. The van der Waals surface area contributed by atoms with Crippen LogP contribution in [0.2, 0.25) is 5.02 Å². The molecule has 0 saturated heterocycles. The number of benzene rings is 1. The summed E-state index contributed by atoms with van der Waals surface area (Å²) in [6, 6.07) is 8.42. The molecule has 1 aromatic carbocycles. The van der Waals surface area contributed by atoms with Crippen molar-refractivity contribution in [1.29, 1.82) is 0 Å². The van der Waals surface area contributed by atoms with Gasteiger partial charge in [0.15, 0.2) is 0 Å². The molecule has 0 aromatic heterocycles. The van der Waals surface area contributed by atoms with Crippen molar-refractivity contribution in [1.82, 2.24) is 5.32 Å². The summed E-state index contributed by atoms with van der Waals surface area (Å²) in [6.07, 6.45) is 3.36. The van der Waals surface area contributed by atoms with E-state index in [9.17, 15) is 0 Å². The Labute approximate surface area is 108 Å². The lowest BCUT2D eigenvalue weighted by atomic mass is 10.1. The van der Waals surface area contributed by atoms with E-state index in [2.05, 4.69) is 31.5 Å². The zero-order valence-electron chi connectivity index (χ0n) is 10.2. The van der Waals surface area contributed by atoms with Gasteiger partial charge in [-0.15, -0.1) is 0 Å². The second-order valence-electron chi connectivity index (χ2n) is 4.07. The maximum absolute atomic E-state index is 5.96. The lowest BCUT2D eigenvalue weighted by Crippen LogP contribution is -2.21. The van der Waals surface area contributed by atoms with Crippen LogP contribution in [0.5, 0.6) is 0 Å². The molecule has 1 nitrogen and oxygen atoms in total. The van der Waals surface area contributed by atoms with E-state index in [-0.39, 0.29) is 0 Å². The molecule has 0 heterocycles. The maximum atomic E-state index is 5.96. The van der Waals surface area contributed by atoms with Crippen LogP contribution >= 0.6 is 23.4 Å². The highest BCUT2D eigenvalue weighted by molar-refractivity contribution is 7.99. The first kappa shape index (κ1) is 13.9. The average Bonchev–Trinajstić information content (AvgIpc) is 2.28. The van der Waals surface area contributed by atoms with Gasteiger partial charge >= 0.3 is 0 Å². The van der Waals surface area contributed by atoms with E-state index in [1.807, 2.05) is 30.0 Å². The Kier molecular flexibility index (Phi) is 6.25. The molecule has 0 fully saturated rings. The summed E-state index contributed by atoms with van der Waals surface area (Å²) >= 11 is 7.88. The van der Waals surface area contributed by atoms with Gasteiger partial charge in [-0.25, -0.2) is 0 Å². The Bertz CT molecular complexity index is 317. The summed E-state index contributed by atoms with van der Waals surface area (Å²) in [4.78, 5) is 0. The van der Waals surface area contributed by atoms with Gasteiger partial charge in [-0.3, -0.25) is 0 Å². The van der Waals surface area contributed by atoms with Crippen LogP contribution in [0.25, 0.3) is 0 Å². The number of hydrogen-bond donors (Lipinski definition) is 1. The second-order valence-corrected chi connectivity index (χ2v) is 5.78. The fourth-order valence-electron chi connectivity index (χ4n) is 1.51. The Hall–Kier alpha value is -0.180. The molecule has 16 heavy (non-hydrogen) atoms. The molecule has 1 N–H and O–H groups in total. The van der Waals surface area contributed by atoms with Gasteiger partial charge in [0, 0.05) is 16.3 Å². The summed E-state index contributed by atoms with van der Waals surface area (Å²) in [5, 5.41) is 5.05. The van der Waals surface area contributed by atoms with E-state index in [0.717, 1.165) is 16.8 Å². The molecule has 0 amide bonds. The van der Waals surface area contributed by atoms with E-state index in [0.29, 0.717) is 6.04 Å². The first-order chi connectivity index (χ1) is 7.63. The summed E-state index contributed by atoms with van der Waals surface area (Å²) in [7, 11) is 0. The predicted molar refractivity (Wildman–Crippen MR) is 75.5 cm³/mol. The fraction of sp³-hybridized carbons (Fsp3) is 0.538. The minimum absolute atomic E-state index is 0.368. The minimum Gasteiger partial charge on any atom is -0.310 e. The minimum atomic E-state index is 0.368. The third-order valence-electron chi connectivity index (χ3n) is 2.75. The van der Waals surface area contributed by atoms with Gasteiger partial charge in [-0.2, -0.15) is 11.8 Å². The van der Waals surface area contributed by atoms with Crippen LogP contribution in [0, 0.1) is 0 Å². The van der Waals surface area contributed by atoms with Crippen molar-refractivity contribution in [3.8, 4) is 0 Å². The molecule has 90 valence electrons. The standard InChI is InChI=1S/C13H20ClNS/c1-10(16-3)7-8-15-11(2)12-5-4-6-13(14)9-12/h4-6,9-11,15H,7-8H2,1-3H3. The van der Waals surface area contributed by atoms with E-state index in [1.54, 1.807) is 0 Å². The summed E-state index contributed by atoms with van der Waals surface area (Å²) < 4.78 is 0. The van der Waals surface area contributed by atoms with Crippen molar-refractivity contribution in [3.05, 3.63) is 34.9 Å². The van der Waals surface area contributed by atoms with Gasteiger partial charge in [0.05, 0.1) is 0 Å². The van der Waals surface area contributed by atoms with Gasteiger partial charge in [-0.1, -0.05) is 30.7 Å². The molecular formula is C13H20ClNS. The molecule has 1 aromatic rings. The molecule has 1 rings (SSSR count). The number of halogens is 1. The molecule has 2 atom stereocenters. The number of hydrogen-bond acceptors (Lipinski definition) is 2. The quantitative estimate of drug-likeness (QED) is 0.822. The van der Waals surface area contributed by atoms with Crippen molar-refractivity contribution in [3.63, 3.8) is 0 Å². The topological polar surface area (TPSA) is 12.0 Å². The number of nitrogens with one attached hydrogen (secondary N) is 1. The molecule has 0 aliphatic heterocycles. The molecule has 3 heteroatoms. The molecule has 0 saturated carbocycles. The summed E-state index contributed by atoms with van der Waals surface area (Å²) in [6.45, 7) is 5.49. The molecule has 2 unspecified atom stereocenters. The zero-order valence-corrected chi connectivity index (χ0v) is 11.7. The first-order valence-electron chi connectivity index (χ1n) is 5.65. The number of rotatable bonds is 6. The largest absolute Gasteiger partial charge is 0.310 e. The molecule has 0 bridgehead atoms. The van der Waals surface area contributed by atoms with Crippen LogP contribution in [0.15, 0.2) is 24.3 Å². The zero-order chi connectivity index (χ0) is 12.0. The van der Waals surface area contributed by atoms with Gasteiger partial charge < -0.3 is 5.32 Å². The van der Waals surface area contributed by atoms with Crippen LogP contribution < -0.4 is 5.32 Å². The summed E-state index contributed by atoms with van der Waals surface area (Å²) in [5.74, 6) is 0. The third-order valence-corrected chi connectivity index (χ3v) is 4.03. The molecule has 0 spiro atoms. The molecule has 0 radical (unpaired) electrons. The van der Waals surface area contributed by atoms with E-state index in [1.165, 1.54) is 12.0 Å². The SMILES string of the molecule is CSC(C)CCNC(C)c1cccc(Cl)c1. The van der Waals surface area contributed by atoms with Crippen LogP contribution in [0.4, 0.5) is 0 Å². The van der Waals surface area contributed by atoms with Crippen LogP contribution in [-0.2, 0) is 0 Å². The third kappa shape index (κ3) is 4.77. The van der Waals surface area contributed by atoms with Gasteiger partial charge in [0.2, 0.25) is 0 Å². The van der Waals surface area contributed by atoms with Crippen molar-refractivity contribution in [2.45, 2.75) is 31.6 Å². The Morgan fingerprint density at radius 1 is 1.38 bits per heavy atom. The fourth-order valence-corrected chi connectivity index (χ4v) is 2.07. The van der Waals surface area contributed by atoms with E-state index >= 15 is 0 Å². The average molecular weight is 258 g/mol. The molecule has 0 aliphatic rings. The normalized spacial score (nSPS) is 14.8. The van der Waals surface area contributed by atoms with Crippen molar-refractivity contribution < 1.29 is 0 Å². The van der Waals surface area contributed by atoms with Crippen LogP contribution in [-0.4, -0.2) is 18.1 Å². The van der Waals surface area contributed by atoms with E-state index in [4.69, 9.17) is 11.6 Å². The highest BCUT2D eigenvalue weighted by atomic mass is 35.5. The predicted octanol–water partition coefficient (Wildman–Crippen LogP) is 4.13. The monoisotopic (exact) mass is 257 g/mol. The summed E-state index contributed by atoms with van der Waals surface area (Å²) in [5.41, 5.74) is 1.25. The Morgan fingerprint density at radius 3 is 2.75 bits per heavy atom. The lowest BCUT2D eigenvalue weighted by Gasteiger charge is -2.16. The Balaban J connectivity index is 2.38.